The van der Waals surface area contributed by atoms with Crippen LogP contribution in [0.15, 0.2) is 30.3 Å². The van der Waals surface area contributed by atoms with Crippen molar-refractivity contribution in [1.82, 2.24) is 0 Å². The van der Waals surface area contributed by atoms with E-state index in [-0.39, 0.29) is 17.8 Å². The zero-order valence-electron chi connectivity index (χ0n) is 14.2. The molecule has 24 heavy (non-hydrogen) atoms. The molecule has 130 valence electrons. The number of ether oxygens (including phenoxy) is 4. The van der Waals surface area contributed by atoms with Crippen LogP contribution < -0.4 is 0 Å². The van der Waals surface area contributed by atoms with E-state index in [2.05, 4.69) is 0 Å². The Labute approximate surface area is 141 Å². The van der Waals surface area contributed by atoms with Gasteiger partial charge in [-0.25, -0.2) is 4.79 Å². The monoisotopic (exact) mass is 334 g/mol. The van der Waals surface area contributed by atoms with Crippen molar-refractivity contribution in [3.05, 3.63) is 35.9 Å². The Balaban J connectivity index is 1.73. The minimum Gasteiger partial charge on any atom is -0.448 e. The number of esters is 1. The second-order valence-electron chi connectivity index (χ2n) is 6.73. The number of Topliss-reactive ketones (excluding diaryl/α,β-unsaturated/α-hetero) is 1. The maximum absolute atomic E-state index is 12.3. The highest BCUT2D eigenvalue weighted by Gasteiger charge is 2.56. The molecule has 2 aliphatic rings. The number of ketones is 1. The number of hydrogen-bond acceptors (Lipinski definition) is 6. The predicted molar refractivity (Wildman–Crippen MR) is 84.2 cm³/mol. The lowest BCUT2D eigenvalue weighted by atomic mass is 9.95. The Kier molecular flexibility index (Phi) is 4.46. The summed E-state index contributed by atoms with van der Waals surface area (Å²) in [5.74, 6) is -1.68. The number of benzene rings is 1. The summed E-state index contributed by atoms with van der Waals surface area (Å²) in [6.45, 7) is 6.92. The summed E-state index contributed by atoms with van der Waals surface area (Å²) in [6, 6.07) is 8.56. The quantitative estimate of drug-likeness (QED) is 0.787. The van der Waals surface area contributed by atoms with E-state index in [1.165, 1.54) is 6.92 Å². The molecule has 3 rings (SSSR count). The molecule has 0 saturated carbocycles. The molecule has 6 heteroatoms. The van der Waals surface area contributed by atoms with Gasteiger partial charge in [-0.05, 0) is 32.9 Å². The fourth-order valence-corrected chi connectivity index (χ4v) is 3.17. The lowest BCUT2D eigenvalue weighted by Gasteiger charge is -2.27. The molecule has 2 fully saturated rings. The molecule has 2 saturated heterocycles. The highest BCUT2D eigenvalue weighted by Crippen LogP contribution is 2.42. The molecule has 5 atom stereocenters. The normalized spacial score (nSPS) is 32.2. The molecule has 0 radical (unpaired) electrons. The largest absolute Gasteiger partial charge is 0.448 e. The van der Waals surface area contributed by atoms with Gasteiger partial charge in [0.25, 0.3) is 0 Å². The van der Waals surface area contributed by atoms with E-state index in [1.807, 2.05) is 20.8 Å². The number of hydrogen-bond donors (Lipinski definition) is 0. The van der Waals surface area contributed by atoms with Crippen LogP contribution in [-0.4, -0.2) is 42.1 Å². The highest BCUT2D eigenvalue weighted by molar-refractivity contribution is 5.92. The fraction of sp³-hybridized carbons (Fsp3) is 0.556. The van der Waals surface area contributed by atoms with Gasteiger partial charge in [0, 0.05) is 5.92 Å². The molecule has 0 aromatic heterocycles. The van der Waals surface area contributed by atoms with Crippen LogP contribution in [0.1, 0.15) is 38.1 Å². The van der Waals surface area contributed by atoms with Crippen molar-refractivity contribution in [2.75, 3.05) is 0 Å². The first kappa shape index (κ1) is 17.1. The van der Waals surface area contributed by atoms with Gasteiger partial charge in [0.1, 0.15) is 12.2 Å². The van der Waals surface area contributed by atoms with E-state index in [4.69, 9.17) is 18.9 Å². The second kappa shape index (κ2) is 6.27. The maximum atomic E-state index is 12.3. The summed E-state index contributed by atoms with van der Waals surface area (Å²) in [5.41, 5.74) is 0.392. The van der Waals surface area contributed by atoms with Crippen LogP contribution in [-0.2, 0) is 23.7 Å². The summed E-state index contributed by atoms with van der Waals surface area (Å²) in [5, 5.41) is 0. The third kappa shape index (κ3) is 3.22. The number of rotatable bonds is 4. The van der Waals surface area contributed by atoms with Crippen LogP contribution in [0.25, 0.3) is 0 Å². The molecule has 1 aromatic carbocycles. The molecule has 5 unspecified atom stereocenters. The Morgan fingerprint density at radius 2 is 1.83 bits per heavy atom. The van der Waals surface area contributed by atoms with E-state index in [0.717, 1.165) is 0 Å². The molecule has 1 aromatic rings. The zero-order chi connectivity index (χ0) is 17.5. The van der Waals surface area contributed by atoms with Gasteiger partial charge in [0.2, 0.25) is 0 Å². The van der Waals surface area contributed by atoms with Crippen LogP contribution >= 0.6 is 0 Å². The molecule has 2 heterocycles. The van der Waals surface area contributed by atoms with Crippen LogP contribution in [0.2, 0.25) is 0 Å². The molecular formula is C18H22O6. The lowest BCUT2D eigenvalue weighted by molar-refractivity contribution is -0.218. The molecule has 0 N–H and O–H groups in total. The van der Waals surface area contributed by atoms with Crippen molar-refractivity contribution in [3.63, 3.8) is 0 Å². The SMILES string of the molecule is CC(=O)C(OC(=O)c1ccccc1)C1OC2OC(C)(C)OC2C1C. The van der Waals surface area contributed by atoms with E-state index < -0.39 is 30.3 Å². The molecule has 6 nitrogen and oxygen atoms in total. The van der Waals surface area contributed by atoms with E-state index in [0.29, 0.717) is 5.56 Å². The first-order valence-electron chi connectivity index (χ1n) is 8.06. The molecular weight excluding hydrogens is 312 g/mol. The summed E-state index contributed by atoms with van der Waals surface area (Å²) in [6.07, 6.45) is -2.44. The second-order valence-corrected chi connectivity index (χ2v) is 6.73. The van der Waals surface area contributed by atoms with Crippen molar-refractivity contribution in [3.8, 4) is 0 Å². The number of carbonyl (C=O) groups is 2. The Hall–Kier alpha value is -1.76. The van der Waals surface area contributed by atoms with Crippen LogP contribution in [0.3, 0.4) is 0 Å². The van der Waals surface area contributed by atoms with Gasteiger partial charge in [-0.15, -0.1) is 0 Å². The van der Waals surface area contributed by atoms with E-state index in [9.17, 15) is 9.59 Å². The first-order valence-corrected chi connectivity index (χ1v) is 8.06. The van der Waals surface area contributed by atoms with Gasteiger partial charge in [-0.3, -0.25) is 4.79 Å². The lowest BCUT2D eigenvalue weighted by Crippen LogP contribution is -2.42. The summed E-state index contributed by atoms with van der Waals surface area (Å²) in [4.78, 5) is 24.3. The molecule has 0 aliphatic carbocycles. The number of carbonyl (C=O) groups excluding carboxylic acids is 2. The van der Waals surface area contributed by atoms with Gasteiger partial charge < -0.3 is 18.9 Å². The van der Waals surface area contributed by atoms with Gasteiger partial charge >= 0.3 is 5.97 Å². The van der Waals surface area contributed by atoms with Crippen molar-refractivity contribution in [2.45, 2.75) is 58.1 Å². The van der Waals surface area contributed by atoms with Gasteiger partial charge in [0.15, 0.2) is 24.0 Å². The molecule has 0 spiro atoms. The van der Waals surface area contributed by atoms with Crippen molar-refractivity contribution < 1.29 is 28.5 Å². The zero-order valence-corrected chi connectivity index (χ0v) is 14.2. The van der Waals surface area contributed by atoms with Crippen LogP contribution in [0, 0.1) is 5.92 Å². The summed E-state index contributed by atoms with van der Waals surface area (Å²) >= 11 is 0. The maximum Gasteiger partial charge on any atom is 0.338 e. The standard InChI is InChI=1S/C18H22O6/c1-10-13(22-17-14(10)23-18(3,4)24-17)15(11(2)19)21-16(20)12-8-6-5-7-9-12/h5-10,13-15,17H,1-4H3. The third-order valence-electron chi connectivity index (χ3n) is 4.36. The molecule has 2 aliphatic heterocycles. The first-order chi connectivity index (χ1) is 11.3. The van der Waals surface area contributed by atoms with E-state index >= 15 is 0 Å². The van der Waals surface area contributed by atoms with Gasteiger partial charge in [-0.2, -0.15) is 0 Å². The Morgan fingerprint density at radius 3 is 2.42 bits per heavy atom. The smallest absolute Gasteiger partial charge is 0.338 e. The van der Waals surface area contributed by atoms with Gasteiger partial charge in [-0.1, -0.05) is 25.1 Å². The summed E-state index contributed by atoms with van der Waals surface area (Å²) in [7, 11) is 0. The average molecular weight is 334 g/mol. The average Bonchev–Trinajstić information content (AvgIpc) is 2.98. The minimum absolute atomic E-state index is 0.144. The fourth-order valence-electron chi connectivity index (χ4n) is 3.17. The van der Waals surface area contributed by atoms with Crippen molar-refractivity contribution >= 4 is 11.8 Å². The van der Waals surface area contributed by atoms with E-state index in [1.54, 1.807) is 30.3 Å². The van der Waals surface area contributed by atoms with Crippen LogP contribution in [0.4, 0.5) is 0 Å². The molecule has 0 bridgehead atoms. The third-order valence-corrected chi connectivity index (χ3v) is 4.36. The highest BCUT2D eigenvalue weighted by atomic mass is 16.8. The predicted octanol–water partition coefficient (Wildman–Crippen LogP) is 2.31. The van der Waals surface area contributed by atoms with Crippen molar-refractivity contribution in [1.29, 1.82) is 0 Å². The minimum atomic E-state index is -0.992. The Bertz CT molecular complexity index is 626. The topological polar surface area (TPSA) is 71.1 Å². The summed E-state index contributed by atoms with van der Waals surface area (Å²) < 4.78 is 22.8. The van der Waals surface area contributed by atoms with Crippen LogP contribution in [0.5, 0.6) is 0 Å². The van der Waals surface area contributed by atoms with Gasteiger partial charge in [0.05, 0.1) is 5.56 Å². The number of fused-ring (bicyclic) bond motifs is 1. The molecule has 0 amide bonds. The Morgan fingerprint density at radius 1 is 1.17 bits per heavy atom. The van der Waals surface area contributed by atoms with Crippen molar-refractivity contribution in [2.24, 2.45) is 5.92 Å².